The molecule has 1 aliphatic carbocycles. The number of anilines is 3. The van der Waals surface area contributed by atoms with Crippen LogP contribution in [-0.4, -0.2) is 13.1 Å². The largest absolute Gasteiger partial charge is 0.388 e. The van der Waals surface area contributed by atoms with Crippen molar-refractivity contribution in [1.29, 1.82) is 0 Å². The Bertz CT molecular complexity index is 1120. The highest BCUT2D eigenvalue weighted by Gasteiger charge is 2.23. The van der Waals surface area contributed by atoms with Gasteiger partial charge in [-0.2, -0.15) is 0 Å². The summed E-state index contributed by atoms with van der Waals surface area (Å²) in [5.41, 5.74) is 6.30. The van der Waals surface area contributed by atoms with Crippen molar-refractivity contribution in [2.75, 3.05) is 17.3 Å². The fraction of sp³-hybridized carbons (Fsp3) is 0.241. The maximum absolute atomic E-state index is 3.23. The van der Waals surface area contributed by atoms with Gasteiger partial charge in [0.05, 0.1) is 0 Å². The molecule has 3 heteroatoms. The van der Waals surface area contributed by atoms with Crippen LogP contribution < -0.4 is 10.2 Å². The van der Waals surface area contributed by atoms with E-state index in [4.69, 9.17) is 0 Å². The predicted molar refractivity (Wildman–Crippen MR) is 140 cm³/mol. The summed E-state index contributed by atoms with van der Waals surface area (Å²) in [5.74, 6) is 0. The van der Waals surface area contributed by atoms with Gasteiger partial charge in [0, 0.05) is 39.9 Å². The highest BCUT2D eigenvalue weighted by Crippen LogP contribution is 2.38. The topological polar surface area (TPSA) is 15.3 Å². The summed E-state index contributed by atoms with van der Waals surface area (Å²) in [5, 5.41) is 3.23. The number of hydrogen-bond donors (Lipinski definition) is 1. The molecule has 2 nitrogen and oxygen atoms in total. The zero-order valence-electron chi connectivity index (χ0n) is 18.6. The number of rotatable bonds is 6. The van der Waals surface area contributed by atoms with Gasteiger partial charge in [0.2, 0.25) is 0 Å². The first-order chi connectivity index (χ1) is 15.8. The number of nitrogens with zero attached hydrogens (tertiary/aromatic N) is 1. The van der Waals surface area contributed by atoms with Crippen LogP contribution in [-0.2, 0) is 0 Å². The minimum atomic E-state index is 0.571. The Labute approximate surface area is 195 Å². The molecule has 1 aliphatic rings. The average Bonchev–Trinajstić information content (AvgIpc) is 3.37. The second-order valence-electron chi connectivity index (χ2n) is 8.54. The lowest BCUT2D eigenvalue weighted by Crippen LogP contribution is -2.32. The first kappa shape index (κ1) is 20.8. The minimum Gasteiger partial charge on any atom is -0.388 e. The lowest BCUT2D eigenvalue weighted by molar-refractivity contribution is 0.436. The molecule has 0 saturated heterocycles. The van der Waals surface area contributed by atoms with E-state index in [0.717, 1.165) is 5.69 Å². The number of benzene rings is 3. The van der Waals surface area contributed by atoms with Gasteiger partial charge in [0.25, 0.3) is 0 Å². The van der Waals surface area contributed by atoms with Crippen molar-refractivity contribution >= 4 is 28.4 Å². The Morgan fingerprint density at radius 2 is 1.22 bits per heavy atom. The van der Waals surface area contributed by atoms with E-state index in [1.54, 1.807) is 0 Å². The highest BCUT2D eigenvalue weighted by atomic mass is 32.1. The predicted octanol–water partition coefficient (Wildman–Crippen LogP) is 8.59. The molecule has 1 aromatic heterocycles. The van der Waals surface area contributed by atoms with Gasteiger partial charge in [-0.15, -0.1) is 11.3 Å². The highest BCUT2D eigenvalue weighted by molar-refractivity contribution is 7.18. The summed E-state index contributed by atoms with van der Waals surface area (Å²) in [6.07, 6.45) is 6.54. The quantitative estimate of drug-likeness (QED) is 0.324. The fourth-order valence-electron chi connectivity index (χ4n) is 4.74. The molecule has 162 valence electrons. The summed E-state index contributed by atoms with van der Waals surface area (Å²) < 4.78 is 0. The van der Waals surface area contributed by atoms with Crippen LogP contribution in [0.5, 0.6) is 0 Å². The van der Waals surface area contributed by atoms with Gasteiger partial charge in [-0.3, -0.25) is 0 Å². The first-order valence-electron chi connectivity index (χ1n) is 11.6. The fourth-order valence-corrected chi connectivity index (χ4v) is 5.75. The lowest BCUT2D eigenvalue weighted by atomic mass is 9.93. The van der Waals surface area contributed by atoms with Crippen molar-refractivity contribution in [3.63, 3.8) is 0 Å². The van der Waals surface area contributed by atoms with Crippen LogP contribution in [0.1, 0.15) is 32.1 Å². The Hall–Kier alpha value is -3.04. The van der Waals surface area contributed by atoms with E-state index in [2.05, 4.69) is 101 Å². The summed E-state index contributed by atoms with van der Waals surface area (Å²) in [7, 11) is 1.97. The van der Waals surface area contributed by atoms with Crippen LogP contribution >= 0.6 is 11.3 Å². The molecule has 5 rings (SSSR count). The third kappa shape index (κ3) is 4.44. The molecule has 1 N–H and O–H groups in total. The molecule has 0 atom stereocenters. The zero-order chi connectivity index (χ0) is 21.8. The van der Waals surface area contributed by atoms with E-state index in [-0.39, 0.29) is 0 Å². The molecular weight excluding hydrogens is 408 g/mol. The second-order valence-corrected chi connectivity index (χ2v) is 9.62. The van der Waals surface area contributed by atoms with Gasteiger partial charge in [-0.1, -0.05) is 61.7 Å². The Morgan fingerprint density at radius 1 is 0.656 bits per heavy atom. The maximum Gasteiger partial charge on any atom is 0.0414 e. The van der Waals surface area contributed by atoms with Gasteiger partial charge >= 0.3 is 0 Å². The SMILES string of the molecule is CNc1ccc(N(c2ccc(-c3ccc(-c4ccccc4)s3)cc2)C2CCCCC2)cc1. The van der Waals surface area contributed by atoms with Gasteiger partial charge in [-0.05, 0) is 72.5 Å². The van der Waals surface area contributed by atoms with Crippen molar-refractivity contribution in [2.45, 2.75) is 38.1 Å². The minimum absolute atomic E-state index is 0.571. The van der Waals surface area contributed by atoms with Crippen molar-refractivity contribution in [3.05, 3.63) is 91.0 Å². The monoisotopic (exact) mass is 438 g/mol. The van der Waals surface area contributed by atoms with Crippen LogP contribution in [0.2, 0.25) is 0 Å². The van der Waals surface area contributed by atoms with E-state index in [9.17, 15) is 0 Å². The van der Waals surface area contributed by atoms with E-state index in [1.807, 2.05) is 18.4 Å². The summed E-state index contributed by atoms with van der Waals surface area (Å²) >= 11 is 1.86. The standard InChI is InChI=1S/C29H30N2S/c1-30-24-14-18-27(19-15-24)31(25-10-6-3-7-11-25)26-16-12-23(13-17-26)29-21-20-28(32-29)22-8-4-2-5-9-22/h2,4-5,8-9,12-21,25,30H,3,6-7,10-11H2,1H3. The van der Waals surface area contributed by atoms with Gasteiger partial charge in [-0.25, -0.2) is 0 Å². The summed E-state index contributed by atoms with van der Waals surface area (Å²) in [4.78, 5) is 5.20. The Morgan fingerprint density at radius 3 is 1.81 bits per heavy atom. The molecule has 3 aromatic carbocycles. The second kappa shape index (κ2) is 9.62. The van der Waals surface area contributed by atoms with Crippen LogP contribution in [0.15, 0.2) is 91.0 Å². The molecule has 1 heterocycles. The van der Waals surface area contributed by atoms with E-state index in [1.165, 1.54) is 64.4 Å². The molecule has 0 aliphatic heterocycles. The normalized spacial score (nSPS) is 14.3. The van der Waals surface area contributed by atoms with Crippen LogP contribution in [0.4, 0.5) is 17.1 Å². The number of hydrogen-bond acceptors (Lipinski definition) is 3. The zero-order valence-corrected chi connectivity index (χ0v) is 19.4. The van der Waals surface area contributed by atoms with Crippen molar-refractivity contribution in [3.8, 4) is 20.9 Å². The van der Waals surface area contributed by atoms with Gasteiger partial charge in [0.15, 0.2) is 0 Å². The summed E-state index contributed by atoms with van der Waals surface area (Å²) in [6, 6.07) is 33.7. The molecule has 0 unspecified atom stereocenters. The molecule has 32 heavy (non-hydrogen) atoms. The van der Waals surface area contributed by atoms with Crippen LogP contribution in [0.25, 0.3) is 20.9 Å². The first-order valence-corrected chi connectivity index (χ1v) is 12.5. The number of nitrogens with one attached hydrogen (secondary N) is 1. The molecule has 0 spiro atoms. The van der Waals surface area contributed by atoms with E-state index < -0.39 is 0 Å². The number of thiophene rings is 1. The molecule has 0 bridgehead atoms. The Balaban J connectivity index is 1.43. The smallest absolute Gasteiger partial charge is 0.0414 e. The molecular formula is C29H30N2S. The van der Waals surface area contributed by atoms with Crippen molar-refractivity contribution in [2.24, 2.45) is 0 Å². The lowest BCUT2D eigenvalue weighted by Gasteiger charge is -2.36. The van der Waals surface area contributed by atoms with E-state index in [0.29, 0.717) is 6.04 Å². The third-order valence-electron chi connectivity index (χ3n) is 6.47. The van der Waals surface area contributed by atoms with Crippen molar-refractivity contribution in [1.82, 2.24) is 0 Å². The van der Waals surface area contributed by atoms with Crippen LogP contribution in [0.3, 0.4) is 0 Å². The molecule has 0 amide bonds. The Kier molecular flexibility index (Phi) is 6.27. The van der Waals surface area contributed by atoms with Gasteiger partial charge < -0.3 is 10.2 Å². The van der Waals surface area contributed by atoms with Gasteiger partial charge in [0.1, 0.15) is 0 Å². The van der Waals surface area contributed by atoms with Crippen molar-refractivity contribution < 1.29 is 0 Å². The summed E-state index contributed by atoms with van der Waals surface area (Å²) in [6.45, 7) is 0. The van der Waals surface area contributed by atoms with E-state index >= 15 is 0 Å². The molecule has 1 saturated carbocycles. The average molecular weight is 439 g/mol. The third-order valence-corrected chi connectivity index (χ3v) is 7.65. The molecule has 1 fully saturated rings. The molecule has 4 aromatic rings. The molecule has 0 radical (unpaired) electrons. The van der Waals surface area contributed by atoms with Crippen LogP contribution in [0, 0.1) is 0 Å². The maximum atomic E-state index is 3.23.